The van der Waals surface area contributed by atoms with Crippen molar-refractivity contribution < 1.29 is 9.47 Å². The molecule has 1 N–H and O–H groups in total. The third-order valence-corrected chi connectivity index (χ3v) is 3.16. The second-order valence-electron chi connectivity index (χ2n) is 4.47. The molecule has 1 saturated carbocycles. The van der Waals surface area contributed by atoms with Crippen molar-refractivity contribution in [2.24, 2.45) is 0 Å². The number of hydrogen-bond acceptors (Lipinski definition) is 3. The van der Waals surface area contributed by atoms with Gasteiger partial charge in [0.2, 0.25) is 0 Å². The highest BCUT2D eigenvalue weighted by atomic mass is 16.5. The number of rotatable bonds is 7. The molecule has 0 aromatic rings. The second kappa shape index (κ2) is 7.20. The molecule has 90 valence electrons. The highest BCUT2D eigenvalue weighted by Gasteiger charge is 2.31. The van der Waals surface area contributed by atoms with Crippen LogP contribution in [-0.2, 0) is 9.47 Å². The molecule has 1 aliphatic rings. The lowest BCUT2D eigenvalue weighted by atomic mass is 9.84. The van der Waals surface area contributed by atoms with E-state index in [1.807, 2.05) is 7.05 Å². The molecule has 0 radical (unpaired) electrons. The first kappa shape index (κ1) is 12.9. The normalized spacial score (nSPS) is 20.4. The minimum absolute atomic E-state index is 0.112. The van der Waals surface area contributed by atoms with Crippen LogP contribution in [0, 0.1) is 0 Å². The van der Waals surface area contributed by atoms with Gasteiger partial charge in [0.15, 0.2) is 0 Å². The minimum Gasteiger partial charge on any atom is -0.385 e. The van der Waals surface area contributed by atoms with Crippen molar-refractivity contribution in [2.45, 2.75) is 44.1 Å². The van der Waals surface area contributed by atoms with Crippen LogP contribution in [0.2, 0.25) is 0 Å². The summed E-state index contributed by atoms with van der Waals surface area (Å²) in [7, 11) is 3.75. The fourth-order valence-electron chi connectivity index (χ4n) is 2.38. The summed E-state index contributed by atoms with van der Waals surface area (Å²) in [6.07, 6.45) is 7.41. The van der Waals surface area contributed by atoms with Gasteiger partial charge in [-0.05, 0) is 26.3 Å². The van der Waals surface area contributed by atoms with Crippen molar-refractivity contribution in [3.63, 3.8) is 0 Å². The summed E-state index contributed by atoms with van der Waals surface area (Å²) >= 11 is 0. The van der Waals surface area contributed by atoms with Gasteiger partial charge in [-0.25, -0.2) is 0 Å². The van der Waals surface area contributed by atoms with E-state index in [-0.39, 0.29) is 5.60 Å². The zero-order valence-electron chi connectivity index (χ0n) is 10.2. The monoisotopic (exact) mass is 215 g/mol. The van der Waals surface area contributed by atoms with Crippen LogP contribution in [0.5, 0.6) is 0 Å². The maximum absolute atomic E-state index is 6.07. The summed E-state index contributed by atoms with van der Waals surface area (Å²) in [5.41, 5.74) is 0.112. The Morgan fingerprint density at radius 1 is 1.13 bits per heavy atom. The van der Waals surface area contributed by atoms with E-state index in [0.29, 0.717) is 0 Å². The summed E-state index contributed by atoms with van der Waals surface area (Å²) < 4.78 is 11.1. The Morgan fingerprint density at radius 2 is 1.87 bits per heavy atom. The fourth-order valence-corrected chi connectivity index (χ4v) is 2.38. The molecule has 1 rings (SSSR count). The Morgan fingerprint density at radius 3 is 2.47 bits per heavy atom. The summed E-state index contributed by atoms with van der Waals surface area (Å²) in [5.74, 6) is 0. The van der Waals surface area contributed by atoms with E-state index in [0.717, 1.165) is 26.2 Å². The number of likely N-dealkylation sites (N-methyl/N-ethyl adjacent to an activating group) is 1. The van der Waals surface area contributed by atoms with Crippen LogP contribution in [0.1, 0.15) is 38.5 Å². The van der Waals surface area contributed by atoms with Gasteiger partial charge in [0.05, 0.1) is 5.60 Å². The van der Waals surface area contributed by atoms with Gasteiger partial charge >= 0.3 is 0 Å². The third kappa shape index (κ3) is 4.49. The topological polar surface area (TPSA) is 30.5 Å². The van der Waals surface area contributed by atoms with E-state index < -0.39 is 0 Å². The van der Waals surface area contributed by atoms with E-state index >= 15 is 0 Å². The molecule has 0 amide bonds. The highest BCUT2D eigenvalue weighted by molar-refractivity contribution is 4.86. The van der Waals surface area contributed by atoms with E-state index in [1.165, 1.54) is 32.1 Å². The molecule has 0 aliphatic heterocycles. The van der Waals surface area contributed by atoms with Crippen LogP contribution in [-0.4, -0.2) is 39.5 Å². The molecular formula is C12H25NO2. The van der Waals surface area contributed by atoms with Crippen molar-refractivity contribution in [1.29, 1.82) is 0 Å². The van der Waals surface area contributed by atoms with Gasteiger partial charge in [0.1, 0.15) is 0 Å². The van der Waals surface area contributed by atoms with Crippen LogP contribution in [0.3, 0.4) is 0 Å². The summed E-state index contributed by atoms with van der Waals surface area (Å²) in [6.45, 7) is 2.62. The molecule has 0 spiro atoms. The number of nitrogens with one attached hydrogen (secondary N) is 1. The van der Waals surface area contributed by atoms with Gasteiger partial charge in [-0.15, -0.1) is 0 Å². The fraction of sp³-hybridized carbons (Fsp3) is 1.00. The number of ether oxygens (including phenoxy) is 2. The maximum Gasteiger partial charge on any atom is 0.0806 e. The molecule has 1 fully saturated rings. The van der Waals surface area contributed by atoms with Crippen LogP contribution in [0.25, 0.3) is 0 Å². The third-order valence-electron chi connectivity index (χ3n) is 3.16. The molecule has 0 aromatic heterocycles. The molecule has 0 bridgehead atoms. The lowest BCUT2D eigenvalue weighted by Crippen LogP contribution is -2.44. The van der Waals surface area contributed by atoms with Crippen molar-refractivity contribution in [2.75, 3.05) is 33.9 Å². The lowest BCUT2D eigenvalue weighted by molar-refractivity contribution is -0.0717. The van der Waals surface area contributed by atoms with Gasteiger partial charge in [-0.1, -0.05) is 19.3 Å². The van der Waals surface area contributed by atoms with Gasteiger partial charge in [0.25, 0.3) is 0 Å². The SMILES string of the molecule is CNCC1(OCCCOC)CCCCC1. The van der Waals surface area contributed by atoms with Crippen molar-refractivity contribution in [3.05, 3.63) is 0 Å². The average Bonchev–Trinajstić information content (AvgIpc) is 2.26. The van der Waals surface area contributed by atoms with Gasteiger partial charge in [-0.3, -0.25) is 0 Å². The van der Waals surface area contributed by atoms with Gasteiger partial charge < -0.3 is 14.8 Å². The van der Waals surface area contributed by atoms with E-state index in [1.54, 1.807) is 7.11 Å². The molecule has 0 atom stereocenters. The molecule has 0 heterocycles. The standard InChI is InChI=1S/C12H25NO2/c1-13-11-12(7-4-3-5-8-12)15-10-6-9-14-2/h13H,3-11H2,1-2H3. The predicted molar refractivity (Wildman–Crippen MR) is 62.2 cm³/mol. The van der Waals surface area contributed by atoms with E-state index in [4.69, 9.17) is 9.47 Å². The summed E-state index contributed by atoms with van der Waals surface area (Å²) in [4.78, 5) is 0. The van der Waals surface area contributed by atoms with E-state index in [9.17, 15) is 0 Å². The predicted octanol–water partition coefficient (Wildman–Crippen LogP) is 1.96. The van der Waals surface area contributed by atoms with Gasteiger partial charge in [-0.2, -0.15) is 0 Å². The first-order chi connectivity index (χ1) is 7.33. The Labute approximate surface area is 93.5 Å². The van der Waals surface area contributed by atoms with Crippen molar-refractivity contribution in [3.8, 4) is 0 Å². The smallest absolute Gasteiger partial charge is 0.0806 e. The highest BCUT2D eigenvalue weighted by Crippen LogP contribution is 2.31. The summed E-state index contributed by atoms with van der Waals surface area (Å²) in [5, 5.41) is 3.26. The number of hydrogen-bond donors (Lipinski definition) is 1. The maximum atomic E-state index is 6.07. The Hall–Kier alpha value is -0.120. The lowest BCUT2D eigenvalue weighted by Gasteiger charge is -2.37. The van der Waals surface area contributed by atoms with Crippen LogP contribution in [0.4, 0.5) is 0 Å². The molecule has 0 saturated heterocycles. The zero-order valence-corrected chi connectivity index (χ0v) is 10.2. The van der Waals surface area contributed by atoms with Crippen LogP contribution >= 0.6 is 0 Å². The van der Waals surface area contributed by atoms with Gasteiger partial charge in [0, 0.05) is 26.9 Å². The van der Waals surface area contributed by atoms with Crippen LogP contribution < -0.4 is 5.32 Å². The first-order valence-corrected chi connectivity index (χ1v) is 6.10. The van der Waals surface area contributed by atoms with Crippen molar-refractivity contribution >= 4 is 0 Å². The Balaban J connectivity index is 2.28. The zero-order chi connectivity index (χ0) is 11.0. The Kier molecular flexibility index (Phi) is 6.22. The quantitative estimate of drug-likeness (QED) is 0.659. The molecule has 3 heteroatoms. The molecule has 3 nitrogen and oxygen atoms in total. The molecule has 0 aromatic carbocycles. The summed E-state index contributed by atoms with van der Waals surface area (Å²) in [6, 6.07) is 0. The molecule has 0 unspecified atom stereocenters. The largest absolute Gasteiger partial charge is 0.385 e. The second-order valence-corrected chi connectivity index (χ2v) is 4.47. The molecule has 15 heavy (non-hydrogen) atoms. The number of methoxy groups -OCH3 is 1. The molecule has 1 aliphatic carbocycles. The van der Waals surface area contributed by atoms with Crippen LogP contribution in [0.15, 0.2) is 0 Å². The minimum atomic E-state index is 0.112. The first-order valence-electron chi connectivity index (χ1n) is 6.10. The van der Waals surface area contributed by atoms with E-state index in [2.05, 4.69) is 5.32 Å². The molecular weight excluding hydrogens is 190 g/mol. The Bertz CT molecular complexity index is 150. The average molecular weight is 215 g/mol. The van der Waals surface area contributed by atoms with Crippen molar-refractivity contribution in [1.82, 2.24) is 5.32 Å².